The summed E-state index contributed by atoms with van der Waals surface area (Å²) in [4.78, 5) is 17.5. The molecule has 1 fully saturated rings. The zero-order valence-corrected chi connectivity index (χ0v) is 22.6. The second-order valence-corrected chi connectivity index (χ2v) is 9.79. The van der Waals surface area contributed by atoms with Crippen molar-refractivity contribution >= 4 is 33.3 Å². The third-order valence-electron chi connectivity index (χ3n) is 6.40. The van der Waals surface area contributed by atoms with Crippen molar-refractivity contribution in [1.29, 1.82) is 0 Å². The summed E-state index contributed by atoms with van der Waals surface area (Å²) in [6, 6.07) is 21.9. The number of methoxy groups -OCH3 is 1. The number of carbonyl (C=O) groups is 1. The van der Waals surface area contributed by atoms with Gasteiger partial charge in [0.25, 0.3) is 0 Å². The lowest BCUT2D eigenvalue weighted by Crippen LogP contribution is -2.49. The number of hydrogen-bond acceptors (Lipinski definition) is 5. The SMILES string of the molecule is COc1ccccc1N1CCN(CCCNC(=O)NN(Cc2ccccc2F)c2ccc(Br)cc2)CC1. The Morgan fingerprint density at radius 1 is 1.00 bits per heavy atom. The van der Waals surface area contributed by atoms with Crippen molar-refractivity contribution in [2.24, 2.45) is 0 Å². The highest BCUT2D eigenvalue weighted by Crippen LogP contribution is 2.28. The number of carbonyl (C=O) groups excluding carboxylic acids is 1. The predicted octanol–water partition coefficient (Wildman–Crippen LogP) is 5.03. The van der Waals surface area contributed by atoms with Crippen LogP contribution in [0.15, 0.2) is 77.3 Å². The molecule has 1 heterocycles. The molecule has 3 aromatic rings. The first-order chi connectivity index (χ1) is 18.0. The van der Waals surface area contributed by atoms with Crippen molar-refractivity contribution in [3.63, 3.8) is 0 Å². The third kappa shape index (κ3) is 7.60. The van der Waals surface area contributed by atoms with Crippen LogP contribution in [0.25, 0.3) is 0 Å². The molecule has 196 valence electrons. The van der Waals surface area contributed by atoms with Crippen LogP contribution >= 0.6 is 15.9 Å². The van der Waals surface area contributed by atoms with Crippen molar-refractivity contribution in [2.75, 3.05) is 56.3 Å². The number of urea groups is 1. The van der Waals surface area contributed by atoms with E-state index in [4.69, 9.17) is 4.74 Å². The van der Waals surface area contributed by atoms with E-state index in [9.17, 15) is 9.18 Å². The molecular weight excluding hydrogens is 537 g/mol. The summed E-state index contributed by atoms with van der Waals surface area (Å²) in [5, 5.41) is 4.59. The van der Waals surface area contributed by atoms with Gasteiger partial charge in [0.2, 0.25) is 0 Å². The number of nitrogens with zero attached hydrogens (tertiary/aromatic N) is 3. The van der Waals surface area contributed by atoms with Crippen LogP contribution in [0.3, 0.4) is 0 Å². The van der Waals surface area contributed by atoms with Crippen LogP contribution in [0, 0.1) is 5.82 Å². The lowest BCUT2D eigenvalue weighted by atomic mass is 10.2. The monoisotopic (exact) mass is 569 g/mol. The lowest BCUT2D eigenvalue weighted by Gasteiger charge is -2.36. The maximum atomic E-state index is 14.3. The highest BCUT2D eigenvalue weighted by Gasteiger charge is 2.19. The average molecular weight is 571 g/mol. The number of benzene rings is 3. The Bertz CT molecular complexity index is 1160. The van der Waals surface area contributed by atoms with E-state index >= 15 is 0 Å². The van der Waals surface area contributed by atoms with Crippen LogP contribution in [-0.4, -0.2) is 57.3 Å². The fraction of sp³-hybridized carbons (Fsp3) is 0.321. The maximum Gasteiger partial charge on any atom is 0.333 e. The van der Waals surface area contributed by atoms with Gasteiger partial charge in [-0.25, -0.2) is 14.6 Å². The second kappa shape index (κ2) is 13.3. The molecule has 0 radical (unpaired) electrons. The summed E-state index contributed by atoms with van der Waals surface area (Å²) in [5.74, 6) is 0.593. The number of ether oxygens (including phenoxy) is 1. The minimum absolute atomic E-state index is 0.207. The van der Waals surface area contributed by atoms with Crippen LogP contribution in [0.5, 0.6) is 5.75 Å². The molecule has 0 unspecified atom stereocenters. The van der Waals surface area contributed by atoms with E-state index < -0.39 is 0 Å². The molecule has 0 aromatic heterocycles. The van der Waals surface area contributed by atoms with Gasteiger partial charge in [-0.1, -0.05) is 46.3 Å². The Morgan fingerprint density at radius 3 is 2.43 bits per heavy atom. The van der Waals surface area contributed by atoms with Crippen LogP contribution in [0.2, 0.25) is 0 Å². The molecule has 1 saturated heterocycles. The summed E-state index contributed by atoms with van der Waals surface area (Å²) >= 11 is 3.43. The number of nitrogens with one attached hydrogen (secondary N) is 2. The molecular formula is C28H33BrFN5O2. The molecule has 4 rings (SSSR count). The van der Waals surface area contributed by atoms with Gasteiger partial charge in [0.05, 0.1) is 25.0 Å². The van der Waals surface area contributed by atoms with Gasteiger partial charge in [-0.3, -0.25) is 9.91 Å². The van der Waals surface area contributed by atoms with Crippen LogP contribution in [-0.2, 0) is 6.54 Å². The quantitative estimate of drug-likeness (QED) is 0.265. The fourth-order valence-corrected chi connectivity index (χ4v) is 4.65. The standard InChI is InChI=1S/C28H33BrFN5O2/c1-37-27-10-5-4-9-26(27)34-19-17-33(18-20-34)16-6-15-31-28(36)32-35(24-13-11-23(29)12-14-24)21-22-7-2-3-8-25(22)30/h2-5,7-14H,6,15-21H2,1H3,(H2,31,32,36). The minimum Gasteiger partial charge on any atom is -0.495 e. The molecule has 7 nitrogen and oxygen atoms in total. The number of amides is 2. The van der Waals surface area contributed by atoms with Crippen molar-refractivity contribution in [2.45, 2.75) is 13.0 Å². The van der Waals surface area contributed by atoms with Gasteiger partial charge in [0, 0.05) is 42.8 Å². The second-order valence-electron chi connectivity index (χ2n) is 8.88. The Labute approximate surface area is 226 Å². The van der Waals surface area contributed by atoms with Crippen LogP contribution < -0.4 is 25.4 Å². The molecule has 0 atom stereocenters. The summed E-state index contributed by atoms with van der Waals surface area (Å²) in [7, 11) is 1.70. The molecule has 0 aliphatic carbocycles. The first-order valence-corrected chi connectivity index (χ1v) is 13.2. The van der Waals surface area contributed by atoms with E-state index in [0.29, 0.717) is 12.1 Å². The zero-order valence-electron chi connectivity index (χ0n) is 21.0. The number of hydrogen-bond donors (Lipinski definition) is 2. The Kier molecular flexibility index (Phi) is 9.62. The molecule has 0 spiro atoms. The van der Waals surface area contributed by atoms with Gasteiger partial charge in [-0.2, -0.15) is 0 Å². The van der Waals surface area contributed by atoms with Crippen LogP contribution in [0.1, 0.15) is 12.0 Å². The Hall–Kier alpha value is -3.30. The topological polar surface area (TPSA) is 60.1 Å². The van der Waals surface area contributed by atoms with E-state index in [0.717, 1.165) is 60.7 Å². The van der Waals surface area contributed by atoms with E-state index in [2.05, 4.69) is 42.5 Å². The molecule has 37 heavy (non-hydrogen) atoms. The first kappa shape index (κ1) is 26.8. The van der Waals surface area contributed by atoms with Gasteiger partial charge in [-0.05, 0) is 55.4 Å². The van der Waals surface area contributed by atoms with Gasteiger partial charge in [-0.15, -0.1) is 0 Å². The van der Waals surface area contributed by atoms with E-state index in [1.165, 1.54) is 6.07 Å². The average Bonchev–Trinajstić information content (AvgIpc) is 2.93. The number of rotatable bonds is 10. The largest absolute Gasteiger partial charge is 0.495 e. The number of piperazine rings is 1. The molecule has 0 bridgehead atoms. The molecule has 9 heteroatoms. The fourth-order valence-electron chi connectivity index (χ4n) is 4.38. The van der Waals surface area contributed by atoms with E-state index in [-0.39, 0.29) is 18.4 Å². The minimum atomic E-state index is -0.319. The van der Waals surface area contributed by atoms with Gasteiger partial charge >= 0.3 is 6.03 Å². The normalized spacial score (nSPS) is 13.8. The summed E-state index contributed by atoms with van der Waals surface area (Å²) in [6.45, 7) is 5.46. The maximum absolute atomic E-state index is 14.3. The van der Waals surface area contributed by atoms with Gasteiger partial charge in [0.1, 0.15) is 11.6 Å². The van der Waals surface area contributed by atoms with Crippen LogP contribution in [0.4, 0.5) is 20.6 Å². The lowest BCUT2D eigenvalue weighted by molar-refractivity contribution is 0.235. The van der Waals surface area contributed by atoms with E-state index in [1.807, 2.05) is 42.5 Å². The van der Waals surface area contributed by atoms with Crippen molar-refractivity contribution in [1.82, 2.24) is 15.6 Å². The molecule has 1 aliphatic heterocycles. The van der Waals surface area contributed by atoms with Gasteiger partial charge < -0.3 is 15.0 Å². The Balaban J connectivity index is 1.23. The highest BCUT2D eigenvalue weighted by molar-refractivity contribution is 9.10. The van der Waals surface area contributed by atoms with Crippen molar-refractivity contribution < 1.29 is 13.9 Å². The number of hydrazine groups is 1. The highest BCUT2D eigenvalue weighted by atomic mass is 79.9. The first-order valence-electron chi connectivity index (χ1n) is 12.4. The smallest absolute Gasteiger partial charge is 0.333 e. The third-order valence-corrected chi connectivity index (χ3v) is 6.92. The van der Waals surface area contributed by atoms with Crippen molar-refractivity contribution in [3.05, 3.63) is 88.6 Å². The number of para-hydroxylation sites is 2. The molecule has 0 saturated carbocycles. The van der Waals surface area contributed by atoms with E-state index in [1.54, 1.807) is 30.3 Å². The Morgan fingerprint density at radius 2 is 1.70 bits per heavy atom. The molecule has 1 aliphatic rings. The molecule has 2 N–H and O–H groups in total. The number of anilines is 2. The van der Waals surface area contributed by atoms with Crippen molar-refractivity contribution in [3.8, 4) is 5.75 Å². The predicted molar refractivity (Wildman–Crippen MR) is 150 cm³/mol. The number of halogens is 2. The molecule has 3 aromatic carbocycles. The molecule has 2 amide bonds. The zero-order chi connectivity index (χ0) is 26.0. The summed E-state index contributed by atoms with van der Waals surface area (Å²) in [6.07, 6.45) is 0.841. The van der Waals surface area contributed by atoms with Gasteiger partial charge in [0.15, 0.2) is 0 Å². The summed E-state index contributed by atoms with van der Waals surface area (Å²) < 4.78 is 20.7. The summed E-state index contributed by atoms with van der Waals surface area (Å²) in [5.41, 5.74) is 5.26.